The normalized spacial score (nSPS) is 12.4. The van der Waals surface area contributed by atoms with Gasteiger partial charge in [0.25, 0.3) is 5.91 Å². The number of carbonyl (C=O) groups is 1. The molecule has 5 heteroatoms. The van der Waals surface area contributed by atoms with Gasteiger partial charge in [-0.3, -0.25) is 4.79 Å². The second kappa shape index (κ2) is 6.14. The van der Waals surface area contributed by atoms with Crippen molar-refractivity contribution in [3.63, 3.8) is 0 Å². The van der Waals surface area contributed by atoms with Gasteiger partial charge in [0.05, 0.1) is 6.04 Å². The first-order chi connectivity index (χ1) is 9.42. The number of thiophene rings is 1. The van der Waals surface area contributed by atoms with Gasteiger partial charge in [0, 0.05) is 27.0 Å². The molecule has 0 saturated heterocycles. The zero-order valence-electron chi connectivity index (χ0n) is 12.2. The molecule has 0 radical (unpaired) electrons. The van der Waals surface area contributed by atoms with E-state index in [9.17, 15) is 4.79 Å². The summed E-state index contributed by atoms with van der Waals surface area (Å²) in [5.74, 6) is -0.0340. The smallest absolute Gasteiger partial charge is 0.268 e. The van der Waals surface area contributed by atoms with Gasteiger partial charge in [-0.2, -0.15) is 0 Å². The predicted octanol–water partition coefficient (Wildman–Crippen LogP) is 4.44. The number of nitrogens with zero attached hydrogens (tertiary/aromatic N) is 1. The third-order valence-corrected chi connectivity index (χ3v) is 4.75. The van der Waals surface area contributed by atoms with Crippen molar-refractivity contribution in [3.05, 3.63) is 43.8 Å². The average molecular weight is 355 g/mol. The highest BCUT2D eigenvalue weighted by atomic mass is 79.9. The lowest BCUT2D eigenvalue weighted by Gasteiger charge is -2.14. The molecule has 3 nitrogen and oxygen atoms in total. The zero-order valence-corrected chi connectivity index (χ0v) is 14.6. The van der Waals surface area contributed by atoms with Gasteiger partial charge in [-0.1, -0.05) is 0 Å². The highest BCUT2D eigenvalue weighted by Crippen LogP contribution is 2.26. The van der Waals surface area contributed by atoms with E-state index >= 15 is 0 Å². The van der Waals surface area contributed by atoms with Crippen LogP contribution in [0.5, 0.6) is 0 Å². The molecule has 2 aromatic rings. The highest BCUT2D eigenvalue weighted by molar-refractivity contribution is 9.10. The van der Waals surface area contributed by atoms with Crippen molar-refractivity contribution >= 4 is 33.2 Å². The van der Waals surface area contributed by atoms with Crippen LogP contribution in [-0.4, -0.2) is 10.5 Å². The Morgan fingerprint density at radius 2 is 2.15 bits per heavy atom. The van der Waals surface area contributed by atoms with Crippen LogP contribution in [0.2, 0.25) is 0 Å². The molecule has 2 aromatic heterocycles. The minimum absolute atomic E-state index is 0.0198. The maximum Gasteiger partial charge on any atom is 0.268 e. The molecule has 2 heterocycles. The number of halogens is 1. The summed E-state index contributed by atoms with van der Waals surface area (Å²) in [6.07, 6.45) is 1.93. The van der Waals surface area contributed by atoms with E-state index in [1.165, 1.54) is 15.3 Å². The molecule has 0 bridgehead atoms. The molecule has 108 valence electrons. The van der Waals surface area contributed by atoms with Crippen LogP contribution in [-0.2, 0) is 6.54 Å². The van der Waals surface area contributed by atoms with Crippen molar-refractivity contribution in [2.24, 2.45) is 0 Å². The average Bonchev–Trinajstić information content (AvgIpc) is 2.91. The Bertz CT molecular complexity index is 630. The van der Waals surface area contributed by atoms with Gasteiger partial charge in [-0.05, 0) is 61.3 Å². The molecular weight excluding hydrogens is 336 g/mol. The maximum absolute atomic E-state index is 12.4. The lowest BCUT2D eigenvalue weighted by atomic mass is 10.1. The molecule has 0 aliphatic heterocycles. The lowest BCUT2D eigenvalue weighted by molar-refractivity contribution is 0.0930. The first-order valence-electron chi connectivity index (χ1n) is 6.65. The van der Waals surface area contributed by atoms with Crippen LogP contribution in [0.25, 0.3) is 0 Å². The van der Waals surface area contributed by atoms with Crippen molar-refractivity contribution < 1.29 is 4.79 Å². The van der Waals surface area contributed by atoms with Gasteiger partial charge in [-0.15, -0.1) is 11.3 Å². The first kappa shape index (κ1) is 15.3. The summed E-state index contributed by atoms with van der Waals surface area (Å²) in [6.45, 7) is 9.02. The summed E-state index contributed by atoms with van der Waals surface area (Å²) in [4.78, 5) is 14.9. The van der Waals surface area contributed by atoms with Gasteiger partial charge >= 0.3 is 0 Å². The monoisotopic (exact) mass is 354 g/mol. The molecule has 0 saturated carbocycles. The topological polar surface area (TPSA) is 34.0 Å². The van der Waals surface area contributed by atoms with Crippen molar-refractivity contribution in [3.8, 4) is 0 Å². The highest BCUT2D eigenvalue weighted by Gasteiger charge is 2.17. The Balaban J connectivity index is 2.17. The summed E-state index contributed by atoms with van der Waals surface area (Å²) < 4.78 is 2.87. The van der Waals surface area contributed by atoms with Crippen LogP contribution >= 0.6 is 27.3 Å². The molecule has 2 rings (SSSR count). The van der Waals surface area contributed by atoms with Crippen molar-refractivity contribution in [1.82, 2.24) is 9.88 Å². The number of rotatable bonds is 4. The van der Waals surface area contributed by atoms with Crippen LogP contribution in [0, 0.1) is 13.8 Å². The number of carbonyl (C=O) groups excluding carboxylic acids is 1. The Hall–Kier alpha value is -1.07. The van der Waals surface area contributed by atoms with Crippen LogP contribution < -0.4 is 5.32 Å². The summed E-state index contributed by atoms with van der Waals surface area (Å²) >= 11 is 5.19. The molecule has 0 fully saturated rings. The number of nitrogens with one attached hydrogen (secondary N) is 1. The molecule has 1 amide bonds. The van der Waals surface area contributed by atoms with Crippen LogP contribution in [0.3, 0.4) is 0 Å². The summed E-state index contributed by atoms with van der Waals surface area (Å²) in [6, 6.07) is 4.03. The fourth-order valence-electron chi connectivity index (χ4n) is 2.36. The van der Waals surface area contributed by atoms with E-state index in [0.29, 0.717) is 5.69 Å². The Kier molecular flexibility index (Phi) is 4.70. The Morgan fingerprint density at radius 3 is 2.70 bits per heavy atom. The van der Waals surface area contributed by atoms with E-state index in [4.69, 9.17) is 0 Å². The van der Waals surface area contributed by atoms with E-state index in [0.717, 1.165) is 11.0 Å². The molecule has 1 unspecified atom stereocenters. The molecular formula is C15H19BrN2OS. The van der Waals surface area contributed by atoms with Crippen LogP contribution in [0.4, 0.5) is 0 Å². The van der Waals surface area contributed by atoms with Gasteiger partial charge < -0.3 is 9.88 Å². The van der Waals surface area contributed by atoms with Gasteiger partial charge in [-0.25, -0.2) is 0 Å². The number of hydrogen-bond acceptors (Lipinski definition) is 2. The Morgan fingerprint density at radius 1 is 1.45 bits per heavy atom. The number of amides is 1. The standard InChI is InChI=1S/C15H19BrN2OS/c1-5-18-8-12(16)7-14(18)15(19)17-10(3)13-6-9(2)20-11(13)4/h6-8,10H,5H2,1-4H3,(H,17,19). The number of hydrogen-bond donors (Lipinski definition) is 1. The molecule has 0 spiro atoms. The summed E-state index contributed by atoms with van der Waals surface area (Å²) in [5, 5.41) is 3.08. The van der Waals surface area contributed by atoms with E-state index in [1.54, 1.807) is 11.3 Å². The quantitative estimate of drug-likeness (QED) is 0.864. The predicted molar refractivity (Wildman–Crippen MR) is 87.5 cm³/mol. The molecule has 1 atom stereocenters. The number of aryl methyl sites for hydroxylation is 3. The molecule has 20 heavy (non-hydrogen) atoms. The number of aromatic nitrogens is 1. The fraction of sp³-hybridized carbons (Fsp3) is 0.400. The first-order valence-corrected chi connectivity index (χ1v) is 8.26. The molecule has 1 N–H and O–H groups in total. The van der Waals surface area contributed by atoms with Gasteiger partial charge in [0.15, 0.2) is 0 Å². The van der Waals surface area contributed by atoms with E-state index < -0.39 is 0 Å². The summed E-state index contributed by atoms with van der Waals surface area (Å²) in [7, 11) is 0. The van der Waals surface area contributed by atoms with E-state index in [2.05, 4.69) is 41.2 Å². The second-order valence-electron chi connectivity index (χ2n) is 4.89. The van der Waals surface area contributed by atoms with E-state index in [-0.39, 0.29) is 11.9 Å². The molecule has 0 aliphatic rings. The zero-order chi connectivity index (χ0) is 14.9. The Labute approximate surface area is 132 Å². The largest absolute Gasteiger partial charge is 0.344 e. The third kappa shape index (κ3) is 3.15. The SMILES string of the molecule is CCn1cc(Br)cc1C(=O)NC(C)c1cc(C)sc1C. The second-order valence-corrected chi connectivity index (χ2v) is 7.27. The van der Waals surface area contributed by atoms with Crippen LogP contribution in [0.15, 0.2) is 22.8 Å². The van der Waals surface area contributed by atoms with Crippen molar-refractivity contribution in [2.75, 3.05) is 0 Å². The minimum Gasteiger partial charge on any atom is -0.344 e. The van der Waals surface area contributed by atoms with Crippen molar-refractivity contribution in [2.45, 2.75) is 40.3 Å². The summed E-state index contributed by atoms with van der Waals surface area (Å²) in [5.41, 5.74) is 1.89. The minimum atomic E-state index is -0.0340. The molecule has 0 aromatic carbocycles. The lowest BCUT2D eigenvalue weighted by Crippen LogP contribution is -2.28. The van der Waals surface area contributed by atoms with Crippen molar-refractivity contribution in [1.29, 1.82) is 0 Å². The third-order valence-electron chi connectivity index (χ3n) is 3.33. The van der Waals surface area contributed by atoms with Gasteiger partial charge in [0.1, 0.15) is 5.69 Å². The van der Waals surface area contributed by atoms with E-state index in [1.807, 2.05) is 30.7 Å². The maximum atomic E-state index is 12.4. The molecule has 0 aliphatic carbocycles. The van der Waals surface area contributed by atoms with Gasteiger partial charge in [0.2, 0.25) is 0 Å². The van der Waals surface area contributed by atoms with Crippen LogP contribution in [0.1, 0.15) is 45.7 Å². The fourth-order valence-corrected chi connectivity index (χ4v) is 3.84.